The van der Waals surface area contributed by atoms with Crippen LogP contribution in [-0.2, 0) is 6.54 Å². The molecule has 2 aliphatic rings. The van der Waals surface area contributed by atoms with Crippen LogP contribution >= 0.6 is 0 Å². The number of nitrogens with zero attached hydrogens (tertiary/aromatic N) is 3. The fraction of sp³-hybridized carbons (Fsp3) is 0.667. The molecule has 2 amide bonds. The van der Waals surface area contributed by atoms with E-state index < -0.39 is 0 Å². The molecule has 0 radical (unpaired) electrons. The Morgan fingerprint density at radius 1 is 1.33 bits per heavy atom. The molecule has 1 aliphatic carbocycles. The van der Waals surface area contributed by atoms with Crippen molar-refractivity contribution in [2.75, 3.05) is 32.1 Å². The van der Waals surface area contributed by atoms with E-state index in [0.29, 0.717) is 6.54 Å². The molecule has 1 aromatic rings. The maximum Gasteiger partial charge on any atom is 0.315 e. The van der Waals surface area contributed by atoms with Crippen molar-refractivity contribution in [3.05, 3.63) is 23.9 Å². The molecule has 132 valence electrons. The minimum atomic E-state index is -0.0816. The molecule has 2 heterocycles. The maximum atomic E-state index is 12.2. The molecule has 24 heavy (non-hydrogen) atoms. The number of rotatable bonds is 5. The summed E-state index contributed by atoms with van der Waals surface area (Å²) in [6, 6.07) is 4.84. The quantitative estimate of drug-likeness (QED) is 0.866. The van der Waals surface area contributed by atoms with E-state index in [-0.39, 0.29) is 12.1 Å². The highest BCUT2D eigenvalue weighted by atomic mass is 16.2. The Morgan fingerprint density at radius 2 is 2.12 bits per heavy atom. The van der Waals surface area contributed by atoms with Crippen LogP contribution in [0.1, 0.15) is 37.7 Å². The third kappa shape index (κ3) is 4.17. The lowest BCUT2D eigenvalue weighted by Crippen LogP contribution is -2.44. The maximum absolute atomic E-state index is 12.2. The fourth-order valence-corrected chi connectivity index (χ4v) is 3.89. The van der Waals surface area contributed by atoms with Crippen molar-refractivity contribution in [1.82, 2.24) is 20.5 Å². The summed E-state index contributed by atoms with van der Waals surface area (Å²) in [7, 11) is 3.92. The van der Waals surface area contributed by atoms with E-state index >= 15 is 0 Å². The highest BCUT2D eigenvalue weighted by Crippen LogP contribution is 2.26. The molecule has 1 unspecified atom stereocenters. The molecular weight excluding hydrogens is 302 g/mol. The van der Waals surface area contributed by atoms with Gasteiger partial charge in [-0.25, -0.2) is 9.78 Å². The van der Waals surface area contributed by atoms with Gasteiger partial charge in [0.2, 0.25) is 0 Å². The van der Waals surface area contributed by atoms with Crippen LogP contribution in [0, 0.1) is 0 Å². The molecule has 1 aliphatic heterocycles. The van der Waals surface area contributed by atoms with Crippen molar-refractivity contribution in [2.45, 2.75) is 50.7 Å². The van der Waals surface area contributed by atoms with Crippen molar-refractivity contribution in [3.8, 4) is 0 Å². The first-order valence-electron chi connectivity index (χ1n) is 9.03. The predicted molar refractivity (Wildman–Crippen MR) is 96.2 cm³/mol. The fourth-order valence-electron chi connectivity index (χ4n) is 3.89. The molecular formula is C18H29N5O. The van der Waals surface area contributed by atoms with Gasteiger partial charge in [0.1, 0.15) is 5.82 Å². The van der Waals surface area contributed by atoms with Crippen molar-refractivity contribution in [1.29, 1.82) is 0 Å². The minimum absolute atomic E-state index is 0.0816. The summed E-state index contributed by atoms with van der Waals surface area (Å²) in [5.41, 5.74) is 1.02. The van der Waals surface area contributed by atoms with Gasteiger partial charge in [-0.2, -0.15) is 0 Å². The zero-order valence-corrected chi connectivity index (χ0v) is 14.8. The summed E-state index contributed by atoms with van der Waals surface area (Å²) in [5.74, 6) is 0.895. The van der Waals surface area contributed by atoms with Crippen LogP contribution in [0.3, 0.4) is 0 Å². The molecule has 1 aromatic heterocycles. The number of pyridine rings is 1. The Bertz CT molecular complexity index is 556. The van der Waals surface area contributed by atoms with Crippen molar-refractivity contribution in [2.24, 2.45) is 0 Å². The molecule has 3 rings (SSSR count). The highest BCUT2D eigenvalue weighted by Gasteiger charge is 2.30. The molecule has 6 nitrogen and oxygen atoms in total. The third-order valence-electron chi connectivity index (χ3n) is 5.13. The van der Waals surface area contributed by atoms with Gasteiger partial charge in [0, 0.05) is 57.6 Å². The number of anilines is 1. The van der Waals surface area contributed by atoms with Crippen molar-refractivity contribution in [3.63, 3.8) is 0 Å². The average Bonchev–Trinajstić information content (AvgIpc) is 3.24. The molecule has 2 fully saturated rings. The van der Waals surface area contributed by atoms with Crippen molar-refractivity contribution < 1.29 is 4.79 Å². The topological polar surface area (TPSA) is 60.5 Å². The number of nitrogens with one attached hydrogen (secondary N) is 2. The van der Waals surface area contributed by atoms with Crippen molar-refractivity contribution >= 4 is 11.8 Å². The number of urea groups is 1. The summed E-state index contributed by atoms with van der Waals surface area (Å²) in [6.07, 6.45) is 8.20. The molecule has 0 aromatic carbocycles. The second-order valence-electron chi connectivity index (χ2n) is 7.13. The molecule has 1 saturated heterocycles. The Balaban J connectivity index is 1.45. The Labute approximate surface area is 144 Å². The van der Waals surface area contributed by atoms with E-state index in [1.165, 1.54) is 25.7 Å². The van der Waals surface area contributed by atoms with Crippen LogP contribution in [-0.4, -0.2) is 55.2 Å². The van der Waals surface area contributed by atoms with Crippen LogP contribution in [0.5, 0.6) is 0 Å². The van der Waals surface area contributed by atoms with Gasteiger partial charge < -0.3 is 15.5 Å². The predicted octanol–water partition coefficient (Wildman–Crippen LogP) is 1.96. The minimum Gasteiger partial charge on any atom is -0.362 e. The second kappa shape index (κ2) is 7.83. The van der Waals surface area contributed by atoms with E-state index in [4.69, 9.17) is 0 Å². The molecule has 6 heteroatoms. The van der Waals surface area contributed by atoms with Gasteiger partial charge in [-0.05, 0) is 25.3 Å². The zero-order chi connectivity index (χ0) is 16.9. The van der Waals surface area contributed by atoms with E-state index in [9.17, 15) is 4.79 Å². The van der Waals surface area contributed by atoms with Crippen LogP contribution < -0.4 is 15.5 Å². The number of aromatic nitrogens is 1. The van der Waals surface area contributed by atoms with Gasteiger partial charge in [-0.15, -0.1) is 0 Å². The summed E-state index contributed by atoms with van der Waals surface area (Å²) in [6.45, 7) is 2.60. The van der Waals surface area contributed by atoms with E-state index in [1.54, 1.807) is 6.20 Å². The number of hydrogen-bond donors (Lipinski definition) is 2. The highest BCUT2D eigenvalue weighted by molar-refractivity contribution is 5.74. The number of hydrogen-bond acceptors (Lipinski definition) is 4. The van der Waals surface area contributed by atoms with Crippen LogP contribution in [0.4, 0.5) is 10.6 Å². The van der Waals surface area contributed by atoms with E-state index in [2.05, 4.69) is 20.5 Å². The van der Waals surface area contributed by atoms with Crippen LogP contribution in [0.15, 0.2) is 18.3 Å². The van der Waals surface area contributed by atoms with Gasteiger partial charge in [0.05, 0.1) is 0 Å². The first kappa shape index (κ1) is 17.0. The lowest BCUT2D eigenvalue weighted by atomic mass is 10.2. The smallest absolute Gasteiger partial charge is 0.315 e. The Hall–Kier alpha value is -1.82. The third-order valence-corrected chi connectivity index (χ3v) is 5.13. The largest absolute Gasteiger partial charge is 0.362 e. The lowest BCUT2D eigenvalue weighted by Gasteiger charge is -2.23. The van der Waals surface area contributed by atoms with E-state index in [1.807, 2.05) is 31.1 Å². The molecule has 0 spiro atoms. The van der Waals surface area contributed by atoms with Gasteiger partial charge in [-0.1, -0.05) is 18.9 Å². The van der Waals surface area contributed by atoms with Gasteiger partial charge in [0.25, 0.3) is 0 Å². The average molecular weight is 331 g/mol. The number of carbonyl (C=O) groups excluding carboxylic acids is 1. The second-order valence-corrected chi connectivity index (χ2v) is 7.13. The van der Waals surface area contributed by atoms with E-state index in [0.717, 1.165) is 36.9 Å². The Morgan fingerprint density at radius 3 is 2.88 bits per heavy atom. The summed E-state index contributed by atoms with van der Waals surface area (Å²) >= 11 is 0. The van der Waals surface area contributed by atoms with Gasteiger partial charge in [-0.3, -0.25) is 4.90 Å². The Kier molecular flexibility index (Phi) is 5.56. The molecule has 0 bridgehead atoms. The molecule has 1 atom stereocenters. The first-order valence-corrected chi connectivity index (χ1v) is 9.03. The SMILES string of the molecule is CN(C)c1ncccc1CNC(=O)NC1CCN(C2CCCC2)C1. The number of carbonyl (C=O) groups is 1. The van der Waals surface area contributed by atoms with Crippen LogP contribution in [0.2, 0.25) is 0 Å². The summed E-state index contributed by atoms with van der Waals surface area (Å²) in [4.78, 5) is 21.1. The van der Waals surface area contributed by atoms with Gasteiger partial charge in [0.15, 0.2) is 0 Å². The number of likely N-dealkylation sites (tertiary alicyclic amines) is 1. The normalized spacial score (nSPS) is 21.8. The summed E-state index contributed by atoms with van der Waals surface area (Å²) in [5, 5.41) is 6.10. The molecule has 2 N–H and O–H groups in total. The zero-order valence-electron chi connectivity index (χ0n) is 14.8. The standard InChI is InChI=1S/C18H29N5O/c1-22(2)17-14(6-5-10-19-17)12-20-18(24)21-15-9-11-23(13-15)16-7-3-4-8-16/h5-6,10,15-16H,3-4,7-9,11-13H2,1-2H3,(H2,20,21,24). The van der Waals surface area contributed by atoms with Gasteiger partial charge >= 0.3 is 6.03 Å². The number of amides is 2. The summed E-state index contributed by atoms with van der Waals surface area (Å²) < 4.78 is 0. The first-order chi connectivity index (χ1) is 11.6. The van der Waals surface area contributed by atoms with Crippen LogP contribution in [0.25, 0.3) is 0 Å². The molecule has 1 saturated carbocycles. The monoisotopic (exact) mass is 331 g/mol. The lowest BCUT2D eigenvalue weighted by molar-refractivity contribution is 0.227.